The molecular formula is C77H150O17P2. The molecule has 0 aromatic heterocycles. The Morgan fingerprint density at radius 1 is 0.281 bits per heavy atom. The van der Waals surface area contributed by atoms with Crippen LogP contribution in [-0.2, 0) is 65.4 Å². The number of rotatable bonds is 77. The number of aliphatic hydroxyl groups is 1. The molecular weight excluding hydrogens is 1260 g/mol. The maximum atomic E-state index is 13.1. The van der Waals surface area contributed by atoms with Crippen LogP contribution in [-0.4, -0.2) is 96.7 Å². The molecule has 0 saturated heterocycles. The van der Waals surface area contributed by atoms with Crippen LogP contribution in [0.3, 0.4) is 0 Å². The number of aliphatic hydroxyl groups excluding tert-OH is 1. The molecule has 0 saturated carbocycles. The molecule has 0 spiro atoms. The summed E-state index contributed by atoms with van der Waals surface area (Å²) in [6.45, 7) is 7.30. The van der Waals surface area contributed by atoms with E-state index in [9.17, 15) is 43.2 Å². The molecule has 3 N–H and O–H groups in total. The molecule has 0 radical (unpaired) electrons. The number of carbonyl (C=O) groups excluding carboxylic acids is 4. The highest BCUT2D eigenvalue weighted by atomic mass is 31.2. The second-order valence-electron chi connectivity index (χ2n) is 28.2. The van der Waals surface area contributed by atoms with Gasteiger partial charge in [0.1, 0.15) is 19.3 Å². The molecule has 0 bridgehead atoms. The topological polar surface area (TPSA) is 237 Å². The second kappa shape index (κ2) is 70.1. The number of esters is 4. The standard InChI is InChI=1S/C77H150O17P2/c1-6-9-12-15-18-20-22-24-25-31-34-38-41-46-51-56-61-75(80)88-67-73(94-77(82)63-58-53-48-43-39-35-32-29-27-26-28-30-33-36-40-45-49-54-59-70(4)5)69-92-96(85,86)90-65-71(78)64-89-95(83,84)91-68-72(66-87-74(79)60-55-50-44-17-14-11-8-3)93-76(81)62-57-52-47-42-37-23-21-19-16-13-10-7-2/h70-73,78H,6-69H2,1-5H3,(H,83,84)(H,85,86)/t71-,72+,73+/m0/s1. The van der Waals surface area contributed by atoms with E-state index >= 15 is 0 Å². The van der Waals surface area contributed by atoms with Gasteiger partial charge in [0.05, 0.1) is 26.4 Å². The number of hydrogen-bond acceptors (Lipinski definition) is 15. The van der Waals surface area contributed by atoms with Gasteiger partial charge in [0.25, 0.3) is 0 Å². The summed E-state index contributed by atoms with van der Waals surface area (Å²) in [5.41, 5.74) is 0. The van der Waals surface area contributed by atoms with Gasteiger partial charge in [0, 0.05) is 25.7 Å². The van der Waals surface area contributed by atoms with Gasteiger partial charge in [-0.2, -0.15) is 0 Å². The summed E-state index contributed by atoms with van der Waals surface area (Å²) in [6.07, 6.45) is 59.8. The summed E-state index contributed by atoms with van der Waals surface area (Å²) in [7, 11) is -9.90. The molecule has 0 rings (SSSR count). The molecule has 0 amide bonds. The fraction of sp³-hybridized carbons (Fsp3) is 0.948. The molecule has 0 aromatic carbocycles. The fourth-order valence-corrected chi connectivity index (χ4v) is 13.5. The second-order valence-corrected chi connectivity index (χ2v) is 31.1. The van der Waals surface area contributed by atoms with Crippen LogP contribution in [0, 0.1) is 5.92 Å². The summed E-state index contributed by atoms with van der Waals surface area (Å²) in [4.78, 5) is 72.7. The van der Waals surface area contributed by atoms with Crippen molar-refractivity contribution in [1.29, 1.82) is 0 Å². The minimum absolute atomic E-state index is 0.107. The van der Waals surface area contributed by atoms with Gasteiger partial charge in [-0.15, -0.1) is 0 Å². The van der Waals surface area contributed by atoms with Crippen LogP contribution >= 0.6 is 15.6 Å². The van der Waals surface area contributed by atoms with Gasteiger partial charge in [0.2, 0.25) is 0 Å². The van der Waals surface area contributed by atoms with E-state index in [4.69, 9.17) is 37.0 Å². The van der Waals surface area contributed by atoms with Crippen molar-refractivity contribution in [2.75, 3.05) is 39.6 Å². The summed E-state index contributed by atoms with van der Waals surface area (Å²) in [6, 6.07) is 0. The van der Waals surface area contributed by atoms with E-state index in [1.165, 1.54) is 218 Å². The molecule has 0 aliphatic heterocycles. The molecule has 5 atom stereocenters. The molecule has 19 heteroatoms. The number of unbranched alkanes of at least 4 members (excludes halogenated alkanes) is 49. The Morgan fingerprint density at radius 2 is 0.479 bits per heavy atom. The Bertz CT molecular complexity index is 1840. The Morgan fingerprint density at radius 3 is 0.708 bits per heavy atom. The van der Waals surface area contributed by atoms with Crippen molar-refractivity contribution in [2.24, 2.45) is 5.92 Å². The lowest BCUT2D eigenvalue weighted by atomic mass is 10.0. The van der Waals surface area contributed by atoms with E-state index in [0.29, 0.717) is 25.7 Å². The molecule has 96 heavy (non-hydrogen) atoms. The van der Waals surface area contributed by atoms with E-state index in [1.807, 2.05) is 0 Å². The van der Waals surface area contributed by atoms with E-state index in [-0.39, 0.29) is 25.7 Å². The fourth-order valence-electron chi connectivity index (χ4n) is 11.9. The Hall–Kier alpha value is -1.94. The lowest BCUT2D eigenvalue weighted by Gasteiger charge is -2.21. The molecule has 0 aromatic rings. The summed E-state index contributed by atoms with van der Waals surface area (Å²) in [5, 5.41) is 10.6. The third-order valence-corrected chi connectivity index (χ3v) is 19.9. The quantitative estimate of drug-likeness (QED) is 0.0222. The Kier molecular flexibility index (Phi) is 68.7. The van der Waals surface area contributed by atoms with E-state index in [1.54, 1.807) is 0 Å². The molecule has 570 valence electrons. The average Bonchev–Trinajstić information content (AvgIpc) is 1.38. The molecule has 17 nitrogen and oxygen atoms in total. The van der Waals surface area contributed by atoms with Crippen LogP contribution in [0.4, 0.5) is 0 Å². The highest BCUT2D eigenvalue weighted by molar-refractivity contribution is 7.47. The molecule has 0 heterocycles. The first-order valence-electron chi connectivity index (χ1n) is 40.1. The van der Waals surface area contributed by atoms with Gasteiger partial charge in [-0.05, 0) is 31.6 Å². The number of ether oxygens (including phenoxy) is 4. The lowest BCUT2D eigenvalue weighted by molar-refractivity contribution is -0.161. The molecule has 0 aliphatic carbocycles. The smallest absolute Gasteiger partial charge is 0.462 e. The Balaban J connectivity index is 5.16. The maximum Gasteiger partial charge on any atom is 0.472 e. The molecule has 2 unspecified atom stereocenters. The van der Waals surface area contributed by atoms with Crippen LogP contribution < -0.4 is 0 Å². The van der Waals surface area contributed by atoms with Crippen molar-refractivity contribution in [3.05, 3.63) is 0 Å². The average molecular weight is 1410 g/mol. The highest BCUT2D eigenvalue weighted by Gasteiger charge is 2.30. The minimum Gasteiger partial charge on any atom is -0.462 e. The van der Waals surface area contributed by atoms with Crippen LogP contribution in [0.25, 0.3) is 0 Å². The summed E-state index contributed by atoms with van der Waals surface area (Å²) >= 11 is 0. The first kappa shape index (κ1) is 94.1. The van der Waals surface area contributed by atoms with Crippen LogP contribution in [0.1, 0.15) is 407 Å². The van der Waals surface area contributed by atoms with Crippen LogP contribution in [0.15, 0.2) is 0 Å². The predicted molar refractivity (Wildman–Crippen MR) is 391 cm³/mol. The van der Waals surface area contributed by atoms with Crippen LogP contribution in [0.2, 0.25) is 0 Å². The zero-order chi connectivity index (χ0) is 70.5. The monoisotopic (exact) mass is 1410 g/mol. The largest absolute Gasteiger partial charge is 0.472 e. The molecule has 0 aliphatic rings. The first-order chi connectivity index (χ1) is 46.5. The first-order valence-corrected chi connectivity index (χ1v) is 43.1. The van der Waals surface area contributed by atoms with E-state index in [0.717, 1.165) is 109 Å². The van der Waals surface area contributed by atoms with Crippen molar-refractivity contribution >= 4 is 39.5 Å². The van der Waals surface area contributed by atoms with E-state index in [2.05, 4.69) is 34.6 Å². The van der Waals surface area contributed by atoms with Crippen molar-refractivity contribution < 1.29 is 80.2 Å². The van der Waals surface area contributed by atoms with Gasteiger partial charge in [-0.3, -0.25) is 37.3 Å². The van der Waals surface area contributed by atoms with Crippen molar-refractivity contribution in [2.45, 2.75) is 425 Å². The number of carbonyl (C=O) groups is 4. The van der Waals surface area contributed by atoms with Gasteiger partial charge in [0.15, 0.2) is 12.2 Å². The van der Waals surface area contributed by atoms with E-state index < -0.39 is 97.5 Å². The van der Waals surface area contributed by atoms with Gasteiger partial charge in [-0.25, -0.2) is 9.13 Å². The Labute approximate surface area is 588 Å². The zero-order valence-corrected chi connectivity index (χ0v) is 64.3. The zero-order valence-electron chi connectivity index (χ0n) is 62.5. The van der Waals surface area contributed by atoms with Gasteiger partial charge >= 0.3 is 39.5 Å². The van der Waals surface area contributed by atoms with Gasteiger partial charge < -0.3 is 33.8 Å². The van der Waals surface area contributed by atoms with Crippen molar-refractivity contribution in [3.8, 4) is 0 Å². The van der Waals surface area contributed by atoms with Gasteiger partial charge in [-0.1, -0.05) is 356 Å². The third-order valence-electron chi connectivity index (χ3n) is 18.0. The lowest BCUT2D eigenvalue weighted by Crippen LogP contribution is -2.30. The highest BCUT2D eigenvalue weighted by Crippen LogP contribution is 2.45. The van der Waals surface area contributed by atoms with Crippen molar-refractivity contribution in [3.63, 3.8) is 0 Å². The van der Waals surface area contributed by atoms with Crippen molar-refractivity contribution in [1.82, 2.24) is 0 Å². The maximum absolute atomic E-state index is 13.1. The normalized spacial score (nSPS) is 13.9. The number of phosphoric acid groups is 2. The third kappa shape index (κ3) is 70.5. The minimum atomic E-state index is -4.96. The summed E-state index contributed by atoms with van der Waals surface area (Å²) < 4.78 is 68.4. The SMILES string of the molecule is CCCCCCCCCCCCCCCCCCC(=O)OC[C@H](COP(=O)(O)OC[C@@H](O)COP(=O)(O)OC[C@@H](COC(=O)CCCCCCCCC)OC(=O)CCCCCCCCCCCCCC)OC(=O)CCCCCCCCCCCCCCCCCCCCC(C)C. The molecule has 0 fully saturated rings. The number of phosphoric ester groups is 2. The number of hydrogen-bond donors (Lipinski definition) is 3. The predicted octanol–water partition coefficient (Wildman–Crippen LogP) is 22.9. The summed E-state index contributed by atoms with van der Waals surface area (Å²) in [5.74, 6) is -1.30. The van der Waals surface area contributed by atoms with Crippen LogP contribution in [0.5, 0.6) is 0 Å².